The van der Waals surface area contributed by atoms with Crippen LogP contribution in [-0.2, 0) is 11.2 Å². The maximum absolute atomic E-state index is 13.3. The Labute approximate surface area is 232 Å². The van der Waals surface area contributed by atoms with Crippen molar-refractivity contribution in [2.45, 2.75) is 102 Å². The lowest BCUT2D eigenvalue weighted by molar-refractivity contribution is -0.120. The number of carbonyl (C=O) groups is 1. The highest BCUT2D eigenvalue weighted by Crippen LogP contribution is 2.48. The molecule has 1 aromatic heterocycles. The van der Waals surface area contributed by atoms with E-state index in [0.29, 0.717) is 23.5 Å². The Bertz CT molecular complexity index is 1240. The highest BCUT2D eigenvalue weighted by molar-refractivity contribution is 5.99. The summed E-state index contributed by atoms with van der Waals surface area (Å²) in [6, 6.07) is 5.90. The minimum Gasteiger partial charge on any atom is -0.489 e. The number of benzene rings is 1. The van der Waals surface area contributed by atoms with E-state index in [9.17, 15) is 4.79 Å². The number of rotatable bonds is 6. The van der Waals surface area contributed by atoms with Gasteiger partial charge in [0, 0.05) is 67.1 Å². The van der Waals surface area contributed by atoms with Crippen molar-refractivity contribution >= 4 is 11.6 Å². The van der Waals surface area contributed by atoms with Gasteiger partial charge in [-0.2, -0.15) is 5.10 Å². The van der Waals surface area contributed by atoms with Crippen LogP contribution in [0.3, 0.4) is 0 Å². The molecular formula is C32H43N5O2. The first-order valence-electron chi connectivity index (χ1n) is 15.7. The molecule has 4 heterocycles. The van der Waals surface area contributed by atoms with Crippen LogP contribution in [0.5, 0.6) is 5.75 Å². The monoisotopic (exact) mass is 529 g/mol. The van der Waals surface area contributed by atoms with E-state index in [1.54, 1.807) is 0 Å². The van der Waals surface area contributed by atoms with Crippen LogP contribution >= 0.6 is 0 Å². The quantitative estimate of drug-likeness (QED) is 0.574. The number of aromatic nitrogens is 2. The molecule has 3 aliphatic heterocycles. The third-order valence-electron chi connectivity index (χ3n) is 10.9. The number of amides is 1. The highest BCUT2D eigenvalue weighted by atomic mass is 16.5. The number of ether oxygens (including phenoxy) is 1. The Hall–Kier alpha value is -2.38. The molecule has 5 fully saturated rings. The number of piperidine rings is 1. The minimum absolute atomic E-state index is 0.222. The van der Waals surface area contributed by atoms with Gasteiger partial charge in [-0.3, -0.25) is 9.48 Å². The summed E-state index contributed by atoms with van der Waals surface area (Å²) in [5, 5.41) is 8.36. The molecule has 1 amide bonds. The van der Waals surface area contributed by atoms with Gasteiger partial charge in [0.25, 0.3) is 0 Å². The Morgan fingerprint density at radius 3 is 2.49 bits per heavy atom. The lowest BCUT2D eigenvalue weighted by Crippen LogP contribution is -2.65. The van der Waals surface area contributed by atoms with Crippen molar-refractivity contribution in [3.8, 4) is 16.9 Å². The first kappa shape index (κ1) is 24.4. The zero-order valence-electron chi connectivity index (χ0n) is 23.4. The van der Waals surface area contributed by atoms with E-state index >= 15 is 0 Å². The summed E-state index contributed by atoms with van der Waals surface area (Å²) in [5.74, 6) is 1.54. The number of nitrogens with zero attached hydrogens (tertiary/aromatic N) is 4. The molecule has 6 aliphatic rings. The van der Waals surface area contributed by atoms with Gasteiger partial charge in [0.05, 0.1) is 24.0 Å². The summed E-state index contributed by atoms with van der Waals surface area (Å²) < 4.78 is 8.96. The molecule has 0 radical (unpaired) electrons. The van der Waals surface area contributed by atoms with Gasteiger partial charge in [-0.05, 0) is 95.1 Å². The van der Waals surface area contributed by atoms with Crippen LogP contribution in [0.15, 0.2) is 24.5 Å². The van der Waals surface area contributed by atoms with Crippen LogP contribution in [0, 0.1) is 11.3 Å². The number of nitrogens with one attached hydrogen (secondary N) is 1. The number of carbonyl (C=O) groups excluding carboxylic acids is 1. The molecule has 1 atom stereocenters. The lowest BCUT2D eigenvalue weighted by Gasteiger charge is -2.58. The number of anilines is 1. The van der Waals surface area contributed by atoms with Gasteiger partial charge in [0.2, 0.25) is 5.91 Å². The molecule has 7 heteroatoms. The fourth-order valence-electron chi connectivity index (χ4n) is 7.84. The van der Waals surface area contributed by atoms with Crippen LogP contribution < -0.4 is 15.0 Å². The summed E-state index contributed by atoms with van der Waals surface area (Å²) in [6.45, 7) is 7.04. The van der Waals surface area contributed by atoms with Gasteiger partial charge in [-0.1, -0.05) is 0 Å². The van der Waals surface area contributed by atoms with E-state index in [1.165, 1.54) is 63.8 Å². The van der Waals surface area contributed by atoms with E-state index in [2.05, 4.69) is 45.1 Å². The van der Waals surface area contributed by atoms with Crippen LogP contribution in [0.25, 0.3) is 11.1 Å². The number of hydrogen-bond donors (Lipinski definition) is 1. The molecule has 1 N–H and O–H groups in total. The van der Waals surface area contributed by atoms with Gasteiger partial charge < -0.3 is 19.9 Å². The van der Waals surface area contributed by atoms with Gasteiger partial charge >= 0.3 is 0 Å². The predicted octanol–water partition coefficient (Wildman–Crippen LogP) is 4.95. The molecule has 1 aromatic carbocycles. The molecule has 3 saturated carbocycles. The normalized spacial score (nSPS) is 27.5. The fourth-order valence-corrected chi connectivity index (χ4v) is 7.84. The van der Waals surface area contributed by atoms with Crippen molar-refractivity contribution in [2.24, 2.45) is 11.3 Å². The maximum atomic E-state index is 13.3. The van der Waals surface area contributed by atoms with Crippen molar-refractivity contribution < 1.29 is 9.53 Å². The minimum atomic E-state index is 0.222. The number of hydrogen-bond acceptors (Lipinski definition) is 5. The summed E-state index contributed by atoms with van der Waals surface area (Å²) >= 11 is 0. The maximum Gasteiger partial charge on any atom is 0.230 e. The van der Waals surface area contributed by atoms with Crippen molar-refractivity contribution in [1.82, 2.24) is 20.0 Å². The van der Waals surface area contributed by atoms with E-state index in [1.807, 2.05) is 6.20 Å². The molecule has 3 aliphatic carbocycles. The number of fused-ring (bicyclic) bond motifs is 1. The van der Waals surface area contributed by atoms with Crippen molar-refractivity contribution in [1.29, 1.82) is 0 Å². The summed E-state index contributed by atoms with van der Waals surface area (Å²) in [4.78, 5) is 18.1. The molecule has 39 heavy (non-hydrogen) atoms. The first-order valence-corrected chi connectivity index (χ1v) is 15.7. The Morgan fingerprint density at radius 1 is 1.03 bits per heavy atom. The van der Waals surface area contributed by atoms with E-state index < -0.39 is 0 Å². The summed E-state index contributed by atoms with van der Waals surface area (Å²) in [5.41, 5.74) is 5.25. The van der Waals surface area contributed by atoms with Gasteiger partial charge in [0.15, 0.2) is 0 Å². The summed E-state index contributed by atoms with van der Waals surface area (Å²) in [7, 11) is 0. The van der Waals surface area contributed by atoms with Crippen LogP contribution in [0.4, 0.5) is 5.69 Å². The fraction of sp³-hybridized carbons (Fsp3) is 0.688. The topological polar surface area (TPSA) is 62.6 Å². The second-order valence-corrected chi connectivity index (χ2v) is 13.6. The molecule has 2 saturated heterocycles. The van der Waals surface area contributed by atoms with Gasteiger partial charge in [-0.25, -0.2) is 0 Å². The lowest BCUT2D eigenvalue weighted by atomic mass is 9.61. The standard InChI is InChI=1S/C32H43N5O2/c1-21-5-8-28-29(37(21)31(38)22-6-7-22)10-9-27(30(28)39-26-3-2-4-26)23-17-34-36(18-23)24-11-13-35(14-12-24)25-15-32(16-25)19-33-20-32/h9-10,17-18,21-22,24-26,33H,2-8,11-16,19-20H2,1H3/t21-/m0/s1. The first-order chi connectivity index (χ1) is 19.1. The van der Waals surface area contributed by atoms with Crippen molar-refractivity contribution in [3.63, 3.8) is 0 Å². The molecule has 8 rings (SSSR count). The molecule has 208 valence electrons. The Kier molecular flexibility index (Phi) is 5.85. The highest BCUT2D eigenvalue weighted by Gasteiger charge is 2.50. The largest absolute Gasteiger partial charge is 0.489 e. The van der Waals surface area contributed by atoms with Crippen molar-refractivity contribution in [2.75, 3.05) is 31.1 Å². The predicted molar refractivity (Wildman–Crippen MR) is 152 cm³/mol. The molecule has 2 aromatic rings. The third-order valence-corrected chi connectivity index (χ3v) is 10.9. The SMILES string of the molecule is C[C@H]1CCc2c(ccc(-c3cnn(C4CCN(C5CC6(CNC6)C5)CC4)c3)c2OC2CCC2)N1C(=O)C1CC1. The molecule has 7 nitrogen and oxygen atoms in total. The zero-order valence-corrected chi connectivity index (χ0v) is 23.4. The third kappa shape index (κ3) is 4.22. The Morgan fingerprint density at radius 2 is 1.82 bits per heavy atom. The average Bonchev–Trinajstić information content (AvgIpc) is 3.61. The zero-order chi connectivity index (χ0) is 26.1. The average molecular weight is 530 g/mol. The second-order valence-electron chi connectivity index (χ2n) is 13.6. The number of likely N-dealkylation sites (tertiary alicyclic amines) is 1. The van der Waals surface area contributed by atoms with Crippen LogP contribution in [0.2, 0.25) is 0 Å². The van der Waals surface area contributed by atoms with E-state index in [4.69, 9.17) is 9.84 Å². The molecule has 1 spiro atoms. The second kappa shape index (κ2) is 9.34. The van der Waals surface area contributed by atoms with Gasteiger partial charge in [0.1, 0.15) is 5.75 Å². The van der Waals surface area contributed by atoms with E-state index in [0.717, 1.165) is 67.1 Å². The molecule has 0 bridgehead atoms. The summed E-state index contributed by atoms with van der Waals surface area (Å²) in [6.07, 6.45) is 17.3. The van der Waals surface area contributed by atoms with E-state index in [-0.39, 0.29) is 12.0 Å². The van der Waals surface area contributed by atoms with Crippen LogP contribution in [0.1, 0.15) is 82.7 Å². The van der Waals surface area contributed by atoms with Gasteiger partial charge in [-0.15, -0.1) is 0 Å². The van der Waals surface area contributed by atoms with Crippen molar-refractivity contribution in [3.05, 3.63) is 30.1 Å². The Balaban J connectivity index is 1.03. The smallest absolute Gasteiger partial charge is 0.230 e. The van der Waals surface area contributed by atoms with Crippen LogP contribution in [-0.4, -0.2) is 65.0 Å². The molecular weight excluding hydrogens is 486 g/mol. The molecule has 0 unspecified atom stereocenters.